The van der Waals surface area contributed by atoms with E-state index in [9.17, 15) is 0 Å². The van der Waals surface area contributed by atoms with Gasteiger partial charge in [-0.1, -0.05) is 36.7 Å². The predicted molar refractivity (Wildman–Crippen MR) is 77.8 cm³/mol. The third-order valence-corrected chi connectivity index (χ3v) is 8.60. The Labute approximate surface area is 114 Å². The summed E-state index contributed by atoms with van der Waals surface area (Å²) in [7, 11) is 0.304. The van der Waals surface area contributed by atoms with Crippen molar-refractivity contribution in [2.24, 2.45) is 7.05 Å². The molecule has 0 spiro atoms. The van der Waals surface area contributed by atoms with Crippen molar-refractivity contribution in [2.45, 2.75) is 50.8 Å². The Balaban J connectivity index is 2.70. The highest BCUT2D eigenvalue weighted by molar-refractivity contribution is 9.08. The Morgan fingerprint density at radius 3 is 2.41 bits per heavy atom. The molecule has 3 nitrogen and oxygen atoms in total. The molecule has 0 aliphatic heterocycles. The summed E-state index contributed by atoms with van der Waals surface area (Å²) in [5.41, 5.74) is 2.20. The number of hydrogen-bond acceptors (Lipinski definition) is 2. The quantitative estimate of drug-likeness (QED) is 0.623. The van der Waals surface area contributed by atoms with Gasteiger partial charge in [0.05, 0.1) is 18.0 Å². The van der Waals surface area contributed by atoms with E-state index in [2.05, 4.69) is 61.0 Å². The maximum absolute atomic E-state index is 6.18. The molecule has 0 N–H and O–H groups in total. The van der Waals surface area contributed by atoms with Gasteiger partial charge in [-0.05, 0) is 24.2 Å². The van der Waals surface area contributed by atoms with Gasteiger partial charge in [0.2, 0.25) is 0 Å². The summed E-state index contributed by atoms with van der Waals surface area (Å²) >= 11 is 3.42. The van der Waals surface area contributed by atoms with E-state index in [1.165, 1.54) is 0 Å². The average molecular weight is 319 g/mol. The van der Waals surface area contributed by atoms with E-state index in [0.717, 1.165) is 16.7 Å². The molecule has 0 atom stereocenters. The molecule has 98 valence electrons. The second-order valence-electron chi connectivity index (χ2n) is 5.93. The lowest BCUT2D eigenvalue weighted by Crippen LogP contribution is -2.40. The van der Waals surface area contributed by atoms with Crippen LogP contribution >= 0.6 is 15.9 Å². The second kappa shape index (κ2) is 5.24. The summed E-state index contributed by atoms with van der Waals surface area (Å²) in [6, 6.07) is 2.10. The third kappa shape index (κ3) is 3.66. The van der Waals surface area contributed by atoms with Crippen LogP contribution in [0.1, 0.15) is 32.2 Å². The highest BCUT2D eigenvalue weighted by atomic mass is 79.9. The van der Waals surface area contributed by atoms with Crippen LogP contribution in [0.4, 0.5) is 0 Å². The van der Waals surface area contributed by atoms with E-state index in [1.807, 2.05) is 11.7 Å². The largest absolute Gasteiger partial charge is 0.411 e. The van der Waals surface area contributed by atoms with Crippen molar-refractivity contribution in [1.29, 1.82) is 0 Å². The first-order chi connectivity index (χ1) is 7.67. The number of rotatable bonds is 4. The van der Waals surface area contributed by atoms with Gasteiger partial charge in [0.1, 0.15) is 0 Å². The molecule has 17 heavy (non-hydrogen) atoms. The van der Waals surface area contributed by atoms with Gasteiger partial charge in [-0.2, -0.15) is 5.10 Å². The summed E-state index contributed by atoms with van der Waals surface area (Å²) in [6.07, 6.45) is 0. The molecule has 0 unspecified atom stereocenters. The molecular weight excluding hydrogens is 296 g/mol. The van der Waals surface area contributed by atoms with Crippen LogP contribution in [-0.2, 0) is 23.4 Å². The summed E-state index contributed by atoms with van der Waals surface area (Å²) in [5, 5.41) is 5.44. The maximum atomic E-state index is 6.18. The van der Waals surface area contributed by atoms with Gasteiger partial charge in [0.25, 0.3) is 0 Å². The fraction of sp³-hybridized carbons (Fsp3) is 0.750. The predicted octanol–water partition coefficient (Wildman–Crippen LogP) is 3.84. The standard InChI is InChI=1S/C12H23BrN2OSi/c1-12(2,3)17(5,6)16-9-11-7-10(8-13)14-15(11)4/h7H,8-9H2,1-6H3. The van der Waals surface area contributed by atoms with Gasteiger partial charge in [-0.25, -0.2) is 0 Å². The van der Waals surface area contributed by atoms with Crippen molar-refractivity contribution in [2.75, 3.05) is 0 Å². The second-order valence-corrected chi connectivity index (χ2v) is 11.3. The number of aromatic nitrogens is 2. The van der Waals surface area contributed by atoms with Crippen LogP contribution in [0.15, 0.2) is 6.07 Å². The van der Waals surface area contributed by atoms with Crippen LogP contribution in [0.5, 0.6) is 0 Å². The van der Waals surface area contributed by atoms with Gasteiger partial charge in [0.15, 0.2) is 8.32 Å². The molecule has 5 heteroatoms. The molecule has 0 saturated carbocycles. The Morgan fingerprint density at radius 2 is 2.00 bits per heavy atom. The van der Waals surface area contributed by atoms with Crippen LogP contribution < -0.4 is 0 Å². The van der Waals surface area contributed by atoms with Crippen molar-refractivity contribution < 1.29 is 4.43 Å². The topological polar surface area (TPSA) is 27.1 Å². The Kier molecular flexibility index (Phi) is 4.60. The molecule has 0 aliphatic carbocycles. The molecule has 0 bridgehead atoms. The zero-order valence-electron chi connectivity index (χ0n) is 11.7. The van der Waals surface area contributed by atoms with E-state index < -0.39 is 8.32 Å². The van der Waals surface area contributed by atoms with Crippen molar-refractivity contribution in [3.8, 4) is 0 Å². The van der Waals surface area contributed by atoms with Crippen LogP contribution in [0, 0.1) is 0 Å². The fourth-order valence-corrected chi connectivity index (χ4v) is 2.46. The number of aryl methyl sites for hydroxylation is 1. The van der Waals surface area contributed by atoms with Crippen LogP contribution in [0.25, 0.3) is 0 Å². The molecule has 0 amide bonds. The summed E-state index contributed by atoms with van der Waals surface area (Å²) in [5.74, 6) is 0. The SMILES string of the molecule is Cn1nc(CBr)cc1CO[Si](C)(C)C(C)(C)C. The van der Waals surface area contributed by atoms with Crippen molar-refractivity contribution >= 4 is 24.2 Å². The summed E-state index contributed by atoms with van der Waals surface area (Å²) < 4.78 is 8.09. The van der Waals surface area contributed by atoms with Gasteiger partial charge in [-0.3, -0.25) is 4.68 Å². The molecule has 0 radical (unpaired) electrons. The first-order valence-electron chi connectivity index (χ1n) is 5.89. The molecule has 1 aromatic heterocycles. The van der Waals surface area contributed by atoms with Gasteiger partial charge in [-0.15, -0.1) is 0 Å². The molecule has 0 fully saturated rings. The lowest BCUT2D eigenvalue weighted by atomic mass is 10.2. The zero-order valence-corrected chi connectivity index (χ0v) is 14.3. The smallest absolute Gasteiger partial charge is 0.192 e. The first kappa shape index (κ1) is 14.9. The summed E-state index contributed by atoms with van der Waals surface area (Å²) in [4.78, 5) is 0. The first-order valence-corrected chi connectivity index (χ1v) is 9.92. The van der Waals surface area contributed by atoms with Crippen LogP contribution in [0.3, 0.4) is 0 Å². The molecular formula is C12H23BrN2OSi. The van der Waals surface area contributed by atoms with E-state index in [4.69, 9.17) is 4.43 Å². The number of hydrogen-bond donors (Lipinski definition) is 0. The molecule has 0 aromatic carbocycles. The number of halogens is 1. The van der Waals surface area contributed by atoms with Crippen LogP contribution in [0.2, 0.25) is 18.1 Å². The minimum absolute atomic E-state index is 0.254. The maximum Gasteiger partial charge on any atom is 0.192 e. The van der Waals surface area contributed by atoms with Crippen molar-refractivity contribution in [1.82, 2.24) is 9.78 Å². The van der Waals surface area contributed by atoms with E-state index in [0.29, 0.717) is 6.61 Å². The minimum Gasteiger partial charge on any atom is -0.411 e. The van der Waals surface area contributed by atoms with E-state index in [-0.39, 0.29) is 5.04 Å². The zero-order chi connectivity index (χ0) is 13.3. The summed E-state index contributed by atoms with van der Waals surface area (Å²) in [6.45, 7) is 12.0. The Morgan fingerprint density at radius 1 is 1.41 bits per heavy atom. The normalized spacial score (nSPS) is 13.1. The highest BCUT2D eigenvalue weighted by Crippen LogP contribution is 2.37. The van der Waals surface area contributed by atoms with Crippen molar-refractivity contribution in [3.05, 3.63) is 17.5 Å². The Bertz CT molecular complexity index is 382. The number of alkyl halides is 1. The molecule has 1 rings (SSSR count). The molecule has 1 heterocycles. The third-order valence-electron chi connectivity index (χ3n) is 3.55. The minimum atomic E-state index is -1.66. The van der Waals surface area contributed by atoms with Crippen molar-refractivity contribution in [3.63, 3.8) is 0 Å². The number of nitrogens with zero attached hydrogens (tertiary/aromatic N) is 2. The lowest BCUT2D eigenvalue weighted by molar-refractivity contribution is 0.266. The van der Waals surface area contributed by atoms with E-state index >= 15 is 0 Å². The fourth-order valence-electron chi connectivity index (χ4n) is 1.24. The van der Waals surface area contributed by atoms with Gasteiger partial charge < -0.3 is 4.43 Å². The van der Waals surface area contributed by atoms with E-state index in [1.54, 1.807) is 0 Å². The van der Waals surface area contributed by atoms with Gasteiger partial charge >= 0.3 is 0 Å². The Hall–Kier alpha value is -0.133. The van der Waals surface area contributed by atoms with Gasteiger partial charge in [0, 0.05) is 12.4 Å². The van der Waals surface area contributed by atoms with Crippen LogP contribution in [-0.4, -0.2) is 18.1 Å². The average Bonchev–Trinajstić information content (AvgIpc) is 2.55. The lowest BCUT2D eigenvalue weighted by Gasteiger charge is -2.36. The molecule has 1 aromatic rings. The monoisotopic (exact) mass is 318 g/mol. The highest BCUT2D eigenvalue weighted by Gasteiger charge is 2.37. The molecule has 0 aliphatic rings. The molecule has 0 saturated heterocycles.